The van der Waals surface area contributed by atoms with Crippen LogP contribution in [0.4, 0.5) is 0 Å². The number of aryl methyl sites for hydroxylation is 1. The van der Waals surface area contributed by atoms with Crippen molar-refractivity contribution >= 4 is 27.7 Å². The van der Waals surface area contributed by atoms with Crippen molar-refractivity contribution in [2.45, 2.75) is 70.5 Å². The van der Waals surface area contributed by atoms with Gasteiger partial charge in [0, 0.05) is 25.0 Å². The summed E-state index contributed by atoms with van der Waals surface area (Å²) in [5, 5.41) is 2.94. The lowest BCUT2D eigenvalue weighted by Gasteiger charge is -2.33. The van der Waals surface area contributed by atoms with E-state index in [4.69, 9.17) is 0 Å². The molecule has 0 aromatic heterocycles. The van der Waals surface area contributed by atoms with Crippen molar-refractivity contribution in [2.24, 2.45) is 0 Å². The number of sulfonamides is 1. The summed E-state index contributed by atoms with van der Waals surface area (Å²) in [6.07, 6.45) is 0.149. The predicted molar refractivity (Wildman–Crippen MR) is 133 cm³/mol. The average Bonchev–Trinajstić information content (AvgIpc) is 2.96. The molecule has 0 fully saturated rings. The monoisotopic (exact) mass is 499 g/mol. The Morgan fingerprint density at radius 1 is 1.09 bits per heavy atom. The Morgan fingerprint density at radius 3 is 2.37 bits per heavy atom. The summed E-state index contributed by atoms with van der Waals surface area (Å²) in [5.74, 6) is -1.32. The zero-order valence-electron chi connectivity index (χ0n) is 20.9. The van der Waals surface area contributed by atoms with Crippen molar-refractivity contribution in [3.8, 4) is 0 Å². The highest BCUT2D eigenvalue weighted by molar-refractivity contribution is 7.90. The van der Waals surface area contributed by atoms with Crippen LogP contribution in [0.3, 0.4) is 0 Å². The lowest BCUT2D eigenvalue weighted by Crippen LogP contribution is -2.53. The third-order valence-corrected chi connectivity index (χ3v) is 7.60. The Balaban J connectivity index is 1.85. The summed E-state index contributed by atoms with van der Waals surface area (Å²) in [7, 11) is -4.01. The zero-order valence-corrected chi connectivity index (χ0v) is 21.7. The van der Waals surface area contributed by atoms with Crippen LogP contribution in [0.5, 0.6) is 0 Å². The Hall–Kier alpha value is -3.20. The highest BCUT2D eigenvalue weighted by atomic mass is 32.2. The van der Waals surface area contributed by atoms with Gasteiger partial charge in [-0.25, -0.2) is 12.7 Å². The number of nitrogens with zero attached hydrogens (tertiary/aromatic N) is 2. The molecule has 1 N–H and O–H groups in total. The van der Waals surface area contributed by atoms with Crippen LogP contribution in [-0.2, 0) is 26.2 Å². The van der Waals surface area contributed by atoms with E-state index in [9.17, 15) is 22.8 Å². The molecule has 2 aromatic rings. The molecule has 188 valence electrons. The number of carbonyl (C=O) groups excluding carboxylic acids is 3. The van der Waals surface area contributed by atoms with Gasteiger partial charge in [0.25, 0.3) is 15.9 Å². The van der Waals surface area contributed by atoms with Crippen LogP contribution in [0.25, 0.3) is 0 Å². The molecule has 2 aromatic carbocycles. The van der Waals surface area contributed by atoms with Gasteiger partial charge >= 0.3 is 0 Å². The van der Waals surface area contributed by atoms with E-state index in [1.165, 1.54) is 17.0 Å². The molecule has 3 rings (SSSR count). The van der Waals surface area contributed by atoms with Crippen molar-refractivity contribution in [2.75, 3.05) is 6.54 Å². The second-order valence-corrected chi connectivity index (χ2v) is 11.6. The molecule has 1 atom stereocenters. The van der Waals surface area contributed by atoms with Crippen molar-refractivity contribution < 1.29 is 22.8 Å². The van der Waals surface area contributed by atoms with Crippen LogP contribution in [0.1, 0.15) is 62.0 Å². The first kappa shape index (κ1) is 26.4. The fourth-order valence-electron chi connectivity index (χ4n) is 4.17. The largest absolute Gasteiger partial charge is 0.350 e. The SMILES string of the molecule is CCC(C(=O)NC(C)(C)C)N(Cc1cccc(C)c1)C(=O)CCN1C(=O)c2ccccc2S1(=O)=O. The number of nitrogens with one attached hydrogen (secondary N) is 1. The zero-order chi connectivity index (χ0) is 26.0. The molecule has 9 heteroatoms. The van der Waals surface area contributed by atoms with E-state index < -0.39 is 33.4 Å². The standard InChI is InChI=1S/C26H33N3O5S/c1-6-21(24(31)27-26(3,4)5)28(17-19-11-9-10-18(2)16-19)23(30)14-15-29-25(32)20-12-7-8-13-22(20)35(29,33)34/h7-13,16,21H,6,14-15,17H2,1-5H3,(H,27,31). The van der Waals surface area contributed by atoms with Gasteiger partial charge in [-0.1, -0.05) is 48.9 Å². The minimum Gasteiger partial charge on any atom is -0.350 e. The molecule has 1 heterocycles. The van der Waals surface area contributed by atoms with E-state index in [0.717, 1.165) is 15.4 Å². The Kier molecular flexibility index (Phi) is 7.69. The van der Waals surface area contributed by atoms with Crippen LogP contribution < -0.4 is 5.32 Å². The van der Waals surface area contributed by atoms with Gasteiger partial charge < -0.3 is 10.2 Å². The smallest absolute Gasteiger partial charge is 0.269 e. The summed E-state index contributed by atoms with van der Waals surface area (Å²) in [4.78, 5) is 40.7. The Bertz CT molecular complexity index is 1230. The first-order valence-corrected chi connectivity index (χ1v) is 13.1. The maximum absolute atomic E-state index is 13.5. The second-order valence-electron chi connectivity index (χ2n) is 9.80. The molecule has 1 unspecified atom stereocenters. The van der Waals surface area contributed by atoms with E-state index >= 15 is 0 Å². The number of rotatable bonds is 8. The molecular formula is C26H33N3O5S. The van der Waals surface area contributed by atoms with Gasteiger partial charge in [0.2, 0.25) is 11.8 Å². The third-order valence-electron chi connectivity index (χ3n) is 5.76. The molecular weight excluding hydrogens is 466 g/mol. The number of amides is 3. The number of fused-ring (bicyclic) bond motifs is 1. The van der Waals surface area contributed by atoms with Crippen LogP contribution in [0, 0.1) is 6.92 Å². The van der Waals surface area contributed by atoms with Gasteiger partial charge in [-0.2, -0.15) is 0 Å². The summed E-state index contributed by atoms with van der Waals surface area (Å²) >= 11 is 0. The van der Waals surface area contributed by atoms with Crippen LogP contribution >= 0.6 is 0 Å². The van der Waals surface area contributed by atoms with E-state index in [0.29, 0.717) is 6.42 Å². The van der Waals surface area contributed by atoms with Gasteiger partial charge in [-0.15, -0.1) is 0 Å². The number of carbonyl (C=O) groups is 3. The van der Waals surface area contributed by atoms with Crippen LogP contribution in [-0.4, -0.2) is 53.5 Å². The average molecular weight is 500 g/mol. The van der Waals surface area contributed by atoms with Gasteiger partial charge in [0.1, 0.15) is 10.9 Å². The normalized spacial score (nSPS) is 15.5. The summed E-state index contributed by atoms with van der Waals surface area (Å²) in [6, 6.07) is 12.9. The molecule has 1 aliphatic rings. The number of hydrogen-bond acceptors (Lipinski definition) is 5. The van der Waals surface area contributed by atoms with E-state index in [1.807, 2.05) is 58.9 Å². The fraction of sp³-hybridized carbons (Fsp3) is 0.423. The molecule has 3 amide bonds. The number of hydrogen-bond donors (Lipinski definition) is 1. The quantitative estimate of drug-likeness (QED) is 0.601. The molecule has 1 aliphatic heterocycles. The lowest BCUT2D eigenvalue weighted by molar-refractivity contribution is -0.142. The van der Waals surface area contributed by atoms with E-state index in [1.54, 1.807) is 12.1 Å². The molecule has 0 spiro atoms. The summed E-state index contributed by atoms with van der Waals surface area (Å²) in [5.41, 5.74) is 1.50. The lowest BCUT2D eigenvalue weighted by atomic mass is 10.0. The van der Waals surface area contributed by atoms with Crippen LogP contribution in [0.15, 0.2) is 53.4 Å². The van der Waals surface area contributed by atoms with Gasteiger partial charge in [0.05, 0.1) is 5.56 Å². The topological polar surface area (TPSA) is 104 Å². The Morgan fingerprint density at radius 2 is 1.77 bits per heavy atom. The fourth-order valence-corrected chi connectivity index (χ4v) is 5.74. The summed E-state index contributed by atoms with van der Waals surface area (Å²) in [6.45, 7) is 9.27. The van der Waals surface area contributed by atoms with Gasteiger partial charge in [-0.05, 0) is 51.8 Å². The predicted octanol–water partition coefficient (Wildman–Crippen LogP) is 3.25. The molecule has 8 nitrogen and oxygen atoms in total. The van der Waals surface area contributed by atoms with E-state index in [-0.39, 0.29) is 35.9 Å². The molecule has 0 saturated heterocycles. The van der Waals surface area contributed by atoms with Crippen molar-refractivity contribution in [1.82, 2.24) is 14.5 Å². The molecule has 35 heavy (non-hydrogen) atoms. The molecule has 0 radical (unpaired) electrons. The molecule has 0 bridgehead atoms. The van der Waals surface area contributed by atoms with Crippen molar-refractivity contribution in [3.63, 3.8) is 0 Å². The highest BCUT2D eigenvalue weighted by Gasteiger charge is 2.41. The van der Waals surface area contributed by atoms with Crippen molar-refractivity contribution in [1.29, 1.82) is 0 Å². The second kappa shape index (κ2) is 10.2. The third kappa shape index (κ3) is 5.90. The first-order valence-electron chi connectivity index (χ1n) is 11.7. The Labute approximate surface area is 207 Å². The van der Waals surface area contributed by atoms with Gasteiger partial charge in [0.15, 0.2) is 0 Å². The number of benzene rings is 2. The highest BCUT2D eigenvalue weighted by Crippen LogP contribution is 2.30. The minimum atomic E-state index is -4.01. The minimum absolute atomic E-state index is 0.0509. The molecule has 0 aliphatic carbocycles. The van der Waals surface area contributed by atoms with Gasteiger partial charge in [-0.3, -0.25) is 14.4 Å². The maximum Gasteiger partial charge on any atom is 0.269 e. The van der Waals surface area contributed by atoms with Crippen molar-refractivity contribution in [3.05, 3.63) is 65.2 Å². The summed E-state index contributed by atoms with van der Waals surface area (Å²) < 4.78 is 26.5. The molecule has 0 saturated carbocycles. The maximum atomic E-state index is 13.5. The first-order chi connectivity index (χ1) is 16.3. The van der Waals surface area contributed by atoms with E-state index in [2.05, 4.69) is 5.32 Å². The van der Waals surface area contributed by atoms with Crippen LogP contribution in [0.2, 0.25) is 0 Å².